The average molecular weight is 267 g/mol. The maximum absolute atomic E-state index is 11.5. The smallest absolute Gasteiger partial charge is 0.221 e. The van der Waals surface area contributed by atoms with E-state index in [0.717, 1.165) is 18.0 Å². The highest BCUT2D eigenvalue weighted by Gasteiger charge is 2.11. The molecule has 1 aromatic heterocycles. The quantitative estimate of drug-likeness (QED) is 0.721. The molecule has 0 saturated carbocycles. The van der Waals surface area contributed by atoms with Crippen molar-refractivity contribution in [2.75, 3.05) is 17.6 Å². The molecule has 1 unspecified atom stereocenters. The molecule has 0 aliphatic heterocycles. The van der Waals surface area contributed by atoms with Crippen LogP contribution in [0.2, 0.25) is 0 Å². The number of carbonyl (C=O) groups is 1. The van der Waals surface area contributed by atoms with Crippen LogP contribution >= 0.6 is 11.5 Å². The number of hydrogen-bond donors (Lipinski definition) is 3. The number of nitrogens with one attached hydrogen (secondary N) is 2. The Morgan fingerprint density at radius 1 is 1.67 bits per heavy atom. The molecular formula is C11H17N5OS. The molecule has 7 heteroatoms. The van der Waals surface area contributed by atoms with Crippen LogP contribution in [0.1, 0.15) is 32.3 Å². The second-order valence-corrected chi connectivity index (χ2v) is 4.71. The molecule has 0 aromatic carbocycles. The third-order valence-corrected chi connectivity index (χ3v) is 3.31. The highest BCUT2D eigenvalue weighted by molar-refractivity contribution is 7.10. The Kier molecular flexibility index (Phi) is 5.39. The summed E-state index contributed by atoms with van der Waals surface area (Å²) in [4.78, 5) is 11.5. The Labute approximate surface area is 110 Å². The van der Waals surface area contributed by atoms with Gasteiger partial charge < -0.3 is 16.4 Å². The van der Waals surface area contributed by atoms with Crippen molar-refractivity contribution in [2.45, 2.75) is 32.7 Å². The summed E-state index contributed by atoms with van der Waals surface area (Å²) in [5, 5.41) is 15.4. The number of anilines is 2. The molecule has 0 radical (unpaired) electrons. The Bertz CT molecular complexity index is 451. The van der Waals surface area contributed by atoms with Crippen molar-refractivity contribution in [3.05, 3.63) is 5.56 Å². The van der Waals surface area contributed by atoms with E-state index in [1.807, 2.05) is 19.9 Å². The lowest BCUT2D eigenvalue weighted by Crippen LogP contribution is -2.32. The van der Waals surface area contributed by atoms with Crippen LogP contribution in [0.25, 0.3) is 0 Å². The molecule has 1 amide bonds. The molecule has 1 rings (SSSR count). The van der Waals surface area contributed by atoms with Crippen LogP contribution in [0.15, 0.2) is 0 Å². The predicted octanol–water partition coefficient (Wildman–Crippen LogP) is 1.31. The van der Waals surface area contributed by atoms with Crippen molar-refractivity contribution < 1.29 is 4.79 Å². The zero-order valence-electron chi connectivity index (χ0n) is 10.5. The van der Waals surface area contributed by atoms with Gasteiger partial charge in [0.05, 0.1) is 0 Å². The summed E-state index contributed by atoms with van der Waals surface area (Å²) in [6.07, 6.45) is 1.26. The van der Waals surface area contributed by atoms with Gasteiger partial charge in [-0.3, -0.25) is 4.79 Å². The van der Waals surface area contributed by atoms with Crippen LogP contribution in [0, 0.1) is 11.3 Å². The minimum atomic E-state index is -0.00663. The summed E-state index contributed by atoms with van der Waals surface area (Å²) >= 11 is 1.13. The fourth-order valence-corrected chi connectivity index (χ4v) is 1.96. The molecular weight excluding hydrogens is 250 g/mol. The Balaban J connectivity index is 2.38. The van der Waals surface area contributed by atoms with Crippen LogP contribution in [-0.4, -0.2) is 22.9 Å². The molecule has 1 atom stereocenters. The molecule has 0 fully saturated rings. The van der Waals surface area contributed by atoms with Gasteiger partial charge in [-0.25, -0.2) is 0 Å². The third kappa shape index (κ3) is 3.89. The van der Waals surface area contributed by atoms with Crippen molar-refractivity contribution in [1.82, 2.24) is 9.69 Å². The highest BCUT2D eigenvalue weighted by atomic mass is 32.1. The number of nitriles is 1. The molecule has 18 heavy (non-hydrogen) atoms. The maximum atomic E-state index is 11.5. The lowest BCUT2D eigenvalue weighted by molar-refractivity contribution is -0.121. The largest absolute Gasteiger partial charge is 0.382 e. The lowest BCUT2D eigenvalue weighted by atomic mass is 10.2. The summed E-state index contributed by atoms with van der Waals surface area (Å²) in [5.41, 5.74) is 5.87. The number of nitrogen functional groups attached to an aromatic ring is 1. The van der Waals surface area contributed by atoms with Gasteiger partial charge in [-0.15, -0.1) is 0 Å². The molecule has 4 N–H and O–H groups in total. The van der Waals surface area contributed by atoms with E-state index in [-0.39, 0.29) is 17.8 Å². The summed E-state index contributed by atoms with van der Waals surface area (Å²) in [7, 11) is 0. The fraction of sp³-hybridized carbons (Fsp3) is 0.545. The molecule has 0 spiro atoms. The van der Waals surface area contributed by atoms with E-state index in [4.69, 9.17) is 11.0 Å². The van der Waals surface area contributed by atoms with E-state index in [0.29, 0.717) is 23.5 Å². The van der Waals surface area contributed by atoms with Gasteiger partial charge in [0.25, 0.3) is 0 Å². The molecule has 6 nitrogen and oxygen atoms in total. The van der Waals surface area contributed by atoms with E-state index in [9.17, 15) is 4.79 Å². The van der Waals surface area contributed by atoms with Gasteiger partial charge in [0.1, 0.15) is 16.6 Å². The Morgan fingerprint density at radius 3 is 3.00 bits per heavy atom. The van der Waals surface area contributed by atoms with Crippen LogP contribution in [-0.2, 0) is 4.79 Å². The number of rotatable bonds is 6. The third-order valence-electron chi connectivity index (χ3n) is 2.49. The topological polar surface area (TPSA) is 104 Å². The second-order valence-electron chi connectivity index (χ2n) is 3.94. The van der Waals surface area contributed by atoms with Gasteiger partial charge >= 0.3 is 0 Å². The van der Waals surface area contributed by atoms with Crippen molar-refractivity contribution in [3.8, 4) is 6.07 Å². The second kappa shape index (κ2) is 6.81. The van der Waals surface area contributed by atoms with Crippen molar-refractivity contribution in [1.29, 1.82) is 5.26 Å². The summed E-state index contributed by atoms with van der Waals surface area (Å²) in [6, 6.07) is 2.17. The lowest BCUT2D eigenvalue weighted by Gasteiger charge is -2.11. The predicted molar refractivity (Wildman–Crippen MR) is 72.2 cm³/mol. The minimum Gasteiger partial charge on any atom is -0.382 e. The fourth-order valence-electron chi connectivity index (χ4n) is 1.27. The van der Waals surface area contributed by atoms with E-state index in [1.54, 1.807) is 0 Å². The first-order chi connectivity index (χ1) is 8.58. The SMILES string of the molecule is CCC(C)NC(=O)CCNc1snc(N)c1C#N. The number of hydrogen-bond acceptors (Lipinski definition) is 6. The first-order valence-corrected chi connectivity index (χ1v) is 6.54. The van der Waals surface area contributed by atoms with Crippen LogP contribution in [0.5, 0.6) is 0 Å². The number of nitrogens with zero attached hydrogens (tertiary/aromatic N) is 2. The minimum absolute atomic E-state index is 0.00663. The number of carbonyl (C=O) groups excluding carboxylic acids is 1. The maximum Gasteiger partial charge on any atom is 0.221 e. The molecule has 1 heterocycles. The van der Waals surface area contributed by atoms with Gasteiger partial charge in [-0.1, -0.05) is 6.92 Å². The first-order valence-electron chi connectivity index (χ1n) is 5.77. The zero-order chi connectivity index (χ0) is 13.5. The van der Waals surface area contributed by atoms with Gasteiger partial charge in [0, 0.05) is 19.0 Å². The average Bonchev–Trinajstić information content (AvgIpc) is 2.69. The summed E-state index contributed by atoms with van der Waals surface area (Å²) in [6.45, 7) is 4.43. The van der Waals surface area contributed by atoms with Crippen LogP contribution in [0.4, 0.5) is 10.8 Å². The van der Waals surface area contributed by atoms with Gasteiger partial charge in [0.2, 0.25) is 5.91 Å². The van der Waals surface area contributed by atoms with Crippen LogP contribution in [0.3, 0.4) is 0 Å². The van der Waals surface area contributed by atoms with Gasteiger partial charge in [-0.2, -0.15) is 9.64 Å². The zero-order valence-corrected chi connectivity index (χ0v) is 11.3. The molecule has 0 aliphatic rings. The normalized spacial score (nSPS) is 11.6. The Hall–Kier alpha value is -1.81. The monoisotopic (exact) mass is 267 g/mol. The van der Waals surface area contributed by atoms with Crippen molar-refractivity contribution in [3.63, 3.8) is 0 Å². The van der Waals surface area contributed by atoms with Crippen molar-refractivity contribution >= 4 is 28.3 Å². The molecule has 98 valence electrons. The van der Waals surface area contributed by atoms with E-state index >= 15 is 0 Å². The number of aromatic nitrogens is 1. The van der Waals surface area contributed by atoms with E-state index < -0.39 is 0 Å². The molecule has 0 saturated heterocycles. The highest BCUT2D eigenvalue weighted by Crippen LogP contribution is 2.25. The van der Waals surface area contributed by atoms with E-state index in [1.165, 1.54) is 0 Å². The molecule has 0 bridgehead atoms. The van der Waals surface area contributed by atoms with Crippen LogP contribution < -0.4 is 16.4 Å². The van der Waals surface area contributed by atoms with Gasteiger partial charge in [0.15, 0.2) is 5.82 Å². The van der Waals surface area contributed by atoms with Gasteiger partial charge in [-0.05, 0) is 24.9 Å². The van der Waals surface area contributed by atoms with E-state index in [2.05, 4.69) is 15.0 Å². The number of amides is 1. The first kappa shape index (κ1) is 14.3. The summed E-state index contributed by atoms with van der Waals surface area (Å²) < 4.78 is 3.88. The molecule has 1 aromatic rings. The number of nitrogens with two attached hydrogens (primary N) is 1. The van der Waals surface area contributed by atoms with Crippen molar-refractivity contribution in [2.24, 2.45) is 0 Å². The summed E-state index contributed by atoms with van der Waals surface area (Å²) in [5.74, 6) is 0.224. The molecule has 0 aliphatic carbocycles. The standard InChI is InChI=1S/C11H17N5OS/c1-3-7(2)15-9(17)4-5-14-11-8(6-12)10(13)16-18-11/h7,14H,3-5H2,1-2H3,(H2,13,16)(H,15,17). The Morgan fingerprint density at radius 2 is 2.39 bits per heavy atom.